The summed E-state index contributed by atoms with van der Waals surface area (Å²) in [7, 11) is 2.02. The molecule has 1 aliphatic rings. The second-order valence-corrected chi connectivity index (χ2v) is 4.54. The Morgan fingerprint density at radius 2 is 2.41 bits per heavy atom. The minimum atomic E-state index is -0.454. The monoisotopic (exact) mass is 256 g/mol. The van der Waals surface area contributed by atoms with E-state index < -0.39 is 4.92 Å². The molecule has 1 unspecified atom stereocenters. The number of nitrogens with zero attached hydrogens (tertiary/aromatic N) is 3. The normalized spacial score (nSPS) is 20.5. The fourth-order valence-corrected chi connectivity index (χ4v) is 2.08. The van der Waals surface area contributed by atoms with Crippen LogP contribution < -0.4 is 5.32 Å². The van der Waals surface area contributed by atoms with Crippen molar-refractivity contribution in [3.63, 3.8) is 0 Å². The van der Waals surface area contributed by atoms with Gasteiger partial charge in [0, 0.05) is 18.7 Å². The van der Waals surface area contributed by atoms with Crippen LogP contribution in [0.3, 0.4) is 0 Å². The number of pyridine rings is 1. The quantitative estimate of drug-likeness (QED) is 0.507. The summed E-state index contributed by atoms with van der Waals surface area (Å²) in [5.41, 5.74) is -0.0380. The minimum Gasteiger partial charge on any atom is -0.360 e. The SMILES string of the molecule is CN1CCC(Nc2nc(Cl)ccc2[N+](=O)[O-])C1. The molecular formula is C10H13ClN4O2. The Morgan fingerprint density at radius 1 is 1.65 bits per heavy atom. The first kappa shape index (κ1) is 12.1. The van der Waals surface area contributed by atoms with E-state index in [1.54, 1.807) is 0 Å². The molecule has 2 heterocycles. The Bertz CT molecular complexity index is 440. The molecule has 6 nitrogen and oxygen atoms in total. The lowest BCUT2D eigenvalue weighted by molar-refractivity contribution is -0.384. The number of aromatic nitrogens is 1. The van der Waals surface area contributed by atoms with E-state index in [9.17, 15) is 10.1 Å². The van der Waals surface area contributed by atoms with Crippen LogP contribution in [-0.2, 0) is 0 Å². The maximum atomic E-state index is 10.8. The van der Waals surface area contributed by atoms with Crippen molar-refractivity contribution in [2.45, 2.75) is 12.5 Å². The first-order valence-corrected chi connectivity index (χ1v) is 5.70. The zero-order valence-corrected chi connectivity index (χ0v) is 10.1. The summed E-state index contributed by atoms with van der Waals surface area (Å²) < 4.78 is 0. The van der Waals surface area contributed by atoms with Gasteiger partial charge in [0.25, 0.3) is 0 Å². The maximum absolute atomic E-state index is 10.8. The lowest BCUT2D eigenvalue weighted by atomic mass is 10.2. The number of halogens is 1. The molecule has 0 aromatic carbocycles. The molecule has 1 aromatic heterocycles. The number of anilines is 1. The van der Waals surface area contributed by atoms with Gasteiger partial charge in [0.05, 0.1) is 4.92 Å². The fourth-order valence-electron chi connectivity index (χ4n) is 1.93. The highest BCUT2D eigenvalue weighted by atomic mass is 35.5. The number of rotatable bonds is 3. The van der Waals surface area contributed by atoms with Crippen LogP contribution in [0.1, 0.15) is 6.42 Å². The second kappa shape index (κ2) is 4.85. The van der Waals surface area contributed by atoms with Gasteiger partial charge in [-0.2, -0.15) is 0 Å². The van der Waals surface area contributed by atoms with E-state index in [1.807, 2.05) is 7.05 Å². The van der Waals surface area contributed by atoms with Gasteiger partial charge in [-0.3, -0.25) is 10.1 Å². The van der Waals surface area contributed by atoms with Crippen LogP contribution >= 0.6 is 11.6 Å². The van der Waals surface area contributed by atoms with Crippen molar-refractivity contribution in [1.82, 2.24) is 9.88 Å². The first-order valence-electron chi connectivity index (χ1n) is 5.32. The molecule has 1 atom stereocenters. The molecule has 0 saturated carbocycles. The van der Waals surface area contributed by atoms with Crippen molar-refractivity contribution in [3.8, 4) is 0 Å². The Morgan fingerprint density at radius 3 is 3.00 bits per heavy atom. The van der Waals surface area contributed by atoms with E-state index in [0.29, 0.717) is 0 Å². The molecule has 1 aromatic rings. The third-order valence-corrected chi connectivity index (χ3v) is 2.98. The number of nitrogens with one attached hydrogen (secondary N) is 1. The molecule has 0 radical (unpaired) electrons. The van der Waals surface area contributed by atoms with E-state index in [-0.39, 0.29) is 22.7 Å². The predicted octanol–water partition coefficient (Wildman–Crippen LogP) is 1.76. The highest BCUT2D eigenvalue weighted by Gasteiger charge is 2.23. The van der Waals surface area contributed by atoms with E-state index >= 15 is 0 Å². The molecule has 1 saturated heterocycles. The molecule has 0 aliphatic carbocycles. The van der Waals surface area contributed by atoms with Crippen LogP contribution in [0.5, 0.6) is 0 Å². The molecular weight excluding hydrogens is 244 g/mol. The van der Waals surface area contributed by atoms with Gasteiger partial charge in [-0.15, -0.1) is 0 Å². The lowest BCUT2D eigenvalue weighted by Gasteiger charge is -2.13. The van der Waals surface area contributed by atoms with Crippen LogP contribution in [-0.4, -0.2) is 41.0 Å². The van der Waals surface area contributed by atoms with E-state index in [2.05, 4.69) is 15.2 Å². The highest BCUT2D eigenvalue weighted by Crippen LogP contribution is 2.25. The Labute approximate surface area is 104 Å². The first-order chi connectivity index (χ1) is 8.06. The van der Waals surface area contributed by atoms with Gasteiger partial charge in [-0.25, -0.2) is 4.98 Å². The van der Waals surface area contributed by atoms with Gasteiger partial charge in [-0.05, 0) is 26.1 Å². The van der Waals surface area contributed by atoms with Gasteiger partial charge in [0.15, 0.2) is 0 Å². The van der Waals surface area contributed by atoms with E-state index in [1.165, 1.54) is 12.1 Å². The summed E-state index contributed by atoms with van der Waals surface area (Å²) in [6.07, 6.45) is 0.946. The number of likely N-dealkylation sites (N-methyl/N-ethyl adjacent to an activating group) is 1. The molecule has 1 aliphatic heterocycles. The number of hydrogen-bond acceptors (Lipinski definition) is 5. The van der Waals surface area contributed by atoms with Crippen LogP contribution in [0.4, 0.5) is 11.5 Å². The van der Waals surface area contributed by atoms with Crippen molar-refractivity contribution in [1.29, 1.82) is 0 Å². The molecule has 92 valence electrons. The average molecular weight is 257 g/mol. The molecule has 17 heavy (non-hydrogen) atoms. The van der Waals surface area contributed by atoms with Crippen LogP contribution in [0, 0.1) is 10.1 Å². The van der Waals surface area contributed by atoms with Crippen molar-refractivity contribution in [3.05, 3.63) is 27.4 Å². The van der Waals surface area contributed by atoms with Crippen LogP contribution in [0.25, 0.3) is 0 Å². The Balaban J connectivity index is 2.19. The number of likely N-dealkylation sites (tertiary alicyclic amines) is 1. The molecule has 1 N–H and O–H groups in total. The van der Waals surface area contributed by atoms with E-state index in [0.717, 1.165) is 19.5 Å². The molecule has 0 bridgehead atoms. The largest absolute Gasteiger partial charge is 0.360 e. The third kappa shape index (κ3) is 2.83. The van der Waals surface area contributed by atoms with Crippen molar-refractivity contribution < 1.29 is 4.92 Å². The van der Waals surface area contributed by atoms with Gasteiger partial charge in [-0.1, -0.05) is 11.6 Å². The minimum absolute atomic E-state index is 0.0380. The van der Waals surface area contributed by atoms with Gasteiger partial charge in [0.2, 0.25) is 5.82 Å². The smallest absolute Gasteiger partial charge is 0.311 e. The molecule has 0 amide bonds. The summed E-state index contributed by atoms with van der Waals surface area (Å²) in [6, 6.07) is 2.98. The van der Waals surface area contributed by atoms with Crippen LogP contribution in [0.15, 0.2) is 12.1 Å². The van der Waals surface area contributed by atoms with Gasteiger partial charge < -0.3 is 10.2 Å². The number of hydrogen-bond donors (Lipinski definition) is 1. The zero-order chi connectivity index (χ0) is 12.4. The number of nitro groups is 1. The maximum Gasteiger partial charge on any atom is 0.311 e. The summed E-state index contributed by atoms with van der Waals surface area (Å²) >= 11 is 5.75. The van der Waals surface area contributed by atoms with Crippen LogP contribution in [0.2, 0.25) is 5.15 Å². The second-order valence-electron chi connectivity index (χ2n) is 4.15. The molecule has 0 spiro atoms. The predicted molar refractivity (Wildman–Crippen MR) is 65.4 cm³/mol. The third-order valence-electron chi connectivity index (χ3n) is 2.77. The molecule has 1 fully saturated rings. The van der Waals surface area contributed by atoms with Crippen molar-refractivity contribution in [2.24, 2.45) is 0 Å². The summed E-state index contributed by atoms with van der Waals surface area (Å²) in [5, 5.41) is 14.2. The Hall–Kier alpha value is -1.40. The summed E-state index contributed by atoms with van der Waals surface area (Å²) in [4.78, 5) is 16.5. The molecule has 2 rings (SSSR count). The Kier molecular flexibility index (Phi) is 3.44. The zero-order valence-electron chi connectivity index (χ0n) is 9.39. The highest BCUT2D eigenvalue weighted by molar-refractivity contribution is 6.29. The fraction of sp³-hybridized carbons (Fsp3) is 0.500. The summed E-state index contributed by atoms with van der Waals surface area (Å²) in [6.45, 7) is 1.83. The van der Waals surface area contributed by atoms with Crippen molar-refractivity contribution in [2.75, 3.05) is 25.5 Å². The standard InChI is InChI=1S/C10H13ClN4O2/c1-14-5-4-7(6-14)12-10-8(15(16)17)2-3-9(11)13-10/h2-3,7H,4-6H2,1H3,(H,12,13). The van der Waals surface area contributed by atoms with Gasteiger partial charge >= 0.3 is 5.69 Å². The molecule has 7 heteroatoms. The van der Waals surface area contributed by atoms with Crippen molar-refractivity contribution >= 4 is 23.1 Å². The van der Waals surface area contributed by atoms with Gasteiger partial charge in [0.1, 0.15) is 5.15 Å². The average Bonchev–Trinajstić information content (AvgIpc) is 2.63. The summed E-state index contributed by atoms with van der Waals surface area (Å²) in [5.74, 6) is 0.253. The van der Waals surface area contributed by atoms with E-state index in [4.69, 9.17) is 11.6 Å². The topological polar surface area (TPSA) is 71.3 Å². The lowest BCUT2D eigenvalue weighted by Crippen LogP contribution is -2.24.